The molecule has 0 N–H and O–H groups in total. The summed E-state index contributed by atoms with van der Waals surface area (Å²) in [5, 5.41) is 4.54. The lowest BCUT2D eigenvalue weighted by Crippen LogP contribution is -2.52. The van der Waals surface area contributed by atoms with Gasteiger partial charge in [0.05, 0.1) is 18.7 Å². The molecular weight excluding hydrogens is 606 g/mol. The van der Waals surface area contributed by atoms with Crippen LogP contribution in [-0.2, 0) is 20.9 Å². The number of fused-ring (bicyclic) bond motifs is 1. The zero-order valence-electron chi connectivity index (χ0n) is 23.9. The van der Waals surface area contributed by atoms with E-state index in [1.54, 1.807) is 27.0 Å². The topological polar surface area (TPSA) is 136 Å². The summed E-state index contributed by atoms with van der Waals surface area (Å²) >= 11 is 3.48. The van der Waals surface area contributed by atoms with E-state index in [1.165, 1.54) is 4.90 Å². The summed E-state index contributed by atoms with van der Waals surface area (Å²) in [6, 6.07) is 14.1. The first kappa shape index (κ1) is 30.9. The molecule has 1 fully saturated rings. The van der Waals surface area contributed by atoms with Gasteiger partial charge in [0.25, 0.3) is 0 Å². The highest BCUT2D eigenvalue weighted by Gasteiger charge is 2.39. The summed E-state index contributed by atoms with van der Waals surface area (Å²) in [4.78, 5) is 34.5. The third-order valence-corrected chi connectivity index (χ3v) is 6.89. The molecule has 1 amide bonds. The number of halogens is 1. The van der Waals surface area contributed by atoms with Crippen LogP contribution in [0.4, 0.5) is 4.79 Å². The molecule has 42 heavy (non-hydrogen) atoms. The molecule has 12 heteroatoms. The molecule has 1 aliphatic rings. The van der Waals surface area contributed by atoms with E-state index in [1.807, 2.05) is 48.5 Å². The summed E-state index contributed by atoms with van der Waals surface area (Å²) < 4.78 is 24.1. The highest BCUT2D eigenvalue weighted by molar-refractivity contribution is 9.10. The lowest BCUT2D eigenvalue weighted by molar-refractivity contribution is -0.151. The van der Waals surface area contributed by atoms with E-state index < -0.39 is 29.7 Å². The second-order valence-electron chi connectivity index (χ2n) is 10.8. The highest BCUT2D eigenvalue weighted by atomic mass is 79.9. The van der Waals surface area contributed by atoms with Crippen LogP contribution in [0.15, 0.2) is 64.3 Å². The van der Waals surface area contributed by atoms with Crippen molar-refractivity contribution in [1.82, 2.24) is 9.88 Å². The van der Waals surface area contributed by atoms with E-state index in [-0.39, 0.29) is 26.2 Å². The number of hydrogen-bond donors (Lipinski definition) is 0. The van der Waals surface area contributed by atoms with Gasteiger partial charge in [-0.2, -0.15) is 0 Å². The molecule has 4 rings (SSSR count). The SMILES string of the molecule is CC(C)(C)OC(=O)N1CC[C@H](N=[N+]=[N-])C[C@H]1C(=O)OCCCOc1c(OCc2ccccc2)ccc2ncc(Br)cc12. The van der Waals surface area contributed by atoms with Gasteiger partial charge in [-0.1, -0.05) is 35.4 Å². The number of benzene rings is 2. The number of carbonyl (C=O) groups is 2. The number of rotatable bonds is 10. The van der Waals surface area contributed by atoms with E-state index in [4.69, 9.17) is 24.5 Å². The Bertz CT molecular complexity index is 1440. The maximum atomic E-state index is 13.1. The van der Waals surface area contributed by atoms with Crippen molar-refractivity contribution in [2.24, 2.45) is 5.11 Å². The van der Waals surface area contributed by atoms with Gasteiger partial charge in [-0.05, 0) is 78.8 Å². The molecule has 1 aliphatic heterocycles. The van der Waals surface area contributed by atoms with Gasteiger partial charge in [-0.15, -0.1) is 0 Å². The summed E-state index contributed by atoms with van der Waals surface area (Å²) in [5.41, 5.74) is 9.92. The van der Waals surface area contributed by atoms with Crippen LogP contribution in [0.5, 0.6) is 11.5 Å². The van der Waals surface area contributed by atoms with E-state index in [0.717, 1.165) is 20.9 Å². The maximum Gasteiger partial charge on any atom is 0.411 e. The van der Waals surface area contributed by atoms with Gasteiger partial charge >= 0.3 is 12.1 Å². The third-order valence-electron chi connectivity index (χ3n) is 6.45. The molecule has 0 unspecified atom stereocenters. The van der Waals surface area contributed by atoms with Crippen molar-refractivity contribution in [2.75, 3.05) is 19.8 Å². The highest BCUT2D eigenvalue weighted by Crippen LogP contribution is 2.37. The van der Waals surface area contributed by atoms with Crippen molar-refractivity contribution in [2.45, 2.75) is 64.3 Å². The number of esters is 1. The largest absolute Gasteiger partial charge is 0.489 e. The van der Waals surface area contributed by atoms with Crippen LogP contribution >= 0.6 is 15.9 Å². The molecule has 222 valence electrons. The van der Waals surface area contributed by atoms with Gasteiger partial charge in [0.2, 0.25) is 0 Å². The van der Waals surface area contributed by atoms with Gasteiger partial charge in [0, 0.05) is 40.0 Å². The number of pyridine rings is 1. The average Bonchev–Trinajstić information content (AvgIpc) is 2.96. The number of aromatic nitrogens is 1. The minimum absolute atomic E-state index is 0.0661. The Morgan fingerprint density at radius 3 is 2.67 bits per heavy atom. The number of amides is 1. The van der Waals surface area contributed by atoms with Crippen LogP contribution < -0.4 is 9.47 Å². The fourth-order valence-electron chi connectivity index (χ4n) is 4.51. The van der Waals surface area contributed by atoms with Gasteiger partial charge < -0.3 is 18.9 Å². The fourth-order valence-corrected chi connectivity index (χ4v) is 4.85. The Labute approximate surface area is 252 Å². The number of likely N-dealkylation sites (tertiary alicyclic amines) is 1. The number of nitrogens with zero attached hydrogens (tertiary/aromatic N) is 5. The first-order valence-corrected chi connectivity index (χ1v) is 14.5. The Morgan fingerprint density at radius 1 is 1.14 bits per heavy atom. The first-order valence-electron chi connectivity index (χ1n) is 13.7. The molecule has 0 aliphatic carbocycles. The predicted molar refractivity (Wildman–Crippen MR) is 160 cm³/mol. The molecule has 2 heterocycles. The molecule has 0 saturated carbocycles. The summed E-state index contributed by atoms with van der Waals surface area (Å²) in [6.07, 6.45) is 2.10. The minimum Gasteiger partial charge on any atom is -0.489 e. The molecule has 2 aromatic carbocycles. The Hall–Kier alpha value is -4.02. The van der Waals surface area contributed by atoms with Crippen LogP contribution in [-0.4, -0.2) is 59.4 Å². The van der Waals surface area contributed by atoms with Crippen LogP contribution in [0, 0.1) is 0 Å². The van der Waals surface area contributed by atoms with Crippen molar-refractivity contribution in [1.29, 1.82) is 0 Å². The zero-order valence-corrected chi connectivity index (χ0v) is 25.5. The molecule has 0 radical (unpaired) electrons. The fraction of sp³-hybridized carbons (Fsp3) is 0.433. The number of azide groups is 1. The van der Waals surface area contributed by atoms with E-state index in [9.17, 15) is 9.59 Å². The smallest absolute Gasteiger partial charge is 0.411 e. The van der Waals surface area contributed by atoms with Gasteiger partial charge in [-0.3, -0.25) is 9.88 Å². The van der Waals surface area contributed by atoms with Crippen molar-refractivity contribution < 1.29 is 28.5 Å². The number of ether oxygens (including phenoxy) is 4. The van der Waals surface area contributed by atoms with E-state index in [0.29, 0.717) is 30.9 Å². The van der Waals surface area contributed by atoms with Crippen LogP contribution in [0.3, 0.4) is 0 Å². The molecule has 0 spiro atoms. The van der Waals surface area contributed by atoms with Crippen LogP contribution in [0.25, 0.3) is 21.3 Å². The van der Waals surface area contributed by atoms with Crippen molar-refractivity contribution in [3.05, 3.63) is 75.2 Å². The molecule has 1 saturated heterocycles. The first-order chi connectivity index (χ1) is 20.1. The standard InChI is InChI=1S/C30H34BrN5O6/c1-30(2,3)42-29(38)36-13-12-22(34-35-32)17-25(36)28(37)40-15-7-14-39-27-23-16-21(31)18-33-24(23)10-11-26(27)41-19-20-8-5-4-6-9-20/h4-6,8-11,16,18,22,25H,7,12-15,17,19H2,1-3H3/t22-,25-/m0/s1. The second kappa shape index (κ2) is 14.2. The Morgan fingerprint density at radius 2 is 1.93 bits per heavy atom. The maximum absolute atomic E-state index is 13.1. The molecular formula is C30H34BrN5O6. The third kappa shape index (κ3) is 8.50. The molecule has 11 nitrogen and oxygen atoms in total. The van der Waals surface area contributed by atoms with Crippen molar-refractivity contribution in [3.63, 3.8) is 0 Å². The van der Waals surface area contributed by atoms with E-state index in [2.05, 4.69) is 30.9 Å². The predicted octanol–water partition coefficient (Wildman–Crippen LogP) is 6.97. The summed E-state index contributed by atoms with van der Waals surface area (Å²) in [6.45, 7) is 6.17. The molecule has 1 aromatic heterocycles. The van der Waals surface area contributed by atoms with Crippen molar-refractivity contribution >= 4 is 38.9 Å². The molecule has 3 aromatic rings. The lowest BCUT2D eigenvalue weighted by Gasteiger charge is -2.37. The second-order valence-corrected chi connectivity index (χ2v) is 11.7. The number of piperidine rings is 1. The minimum atomic E-state index is -0.913. The van der Waals surface area contributed by atoms with Crippen LogP contribution in [0.2, 0.25) is 0 Å². The van der Waals surface area contributed by atoms with Gasteiger partial charge in [-0.25, -0.2) is 9.59 Å². The molecule has 2 atom stereocenters. The van der Waals surface area contributed by atoms with Gasteiger partial charge in [0.15, 0.2) is 11.5 Å². The van der Waals surface area contributed by atoms with Gasteiger partial charge in [0.1, 0.15) is 18.2 Å². The van der Waals surface area contributed by atoms with Crippen molar-refractivity contribution in [3.8, 4) is 11.5 Å². The number of carbonyl (C=O) groups excluding carboxylic acids is 2. The monoisotopic (exact) mass is 639 g/mol. The number of hydrogen-bond acceptors (Lipinski definition) is 8. The summed E-state index contributed by atoms with van der Waals surface area (Å²) in [5.74, 6) is 0.538. The average molecular weight is 641 g/mol. The lowest BCUT2D eigenvalue weighted by atomic mass is 9.98. The normalized spacial score (nSPS) is 16.8. The van der Waals surface area contributed by atoms with E-state index >= 15 is 0 Å². The Kier molecular flexibility index (Phi) is 10.5. The zero-order chi connectivity index (χ0) is 30.1. The van der Waals surface area contributed by atoms with Crippen LogP contribution in [0.1, 0.15) is 45.6 Å². The molecule has 0 bridgehead atoms. The Balaban J connectivity index is 1.39. The summed E-state index contributed by atoms with van der Waals surface area (Å²) in [7, 11) is 0. The quantitative estimate of drug-likeness (QED) is 0.0768.